The number of pyridine rings is 1. The molecule has 4 rings (SSSR count). The van der Waals surface area contributed by atoms with Crippen LogP contribution in [0.2, 0.25) is 0 Å². The molecule has 2 heterocycles. The zero-order valence-corrected chi connectivity index (χ0v) is 22.5. The highest BCUT2D eigenvalue weighted by Crippen LogP contribution is 2.33. The van der Waals surface area contributed by atoms with Crippen LogP contribution in [-0.2, 0) is 27.2 Å². The summed E-state index contributed by atoms with van der Waals surface area (Å²) >= 11 is 0. The van der Waals surface area contributed by atoms with Crippen molar-refractivity contribution in [2.24, 2.45) is 5.92 Å². The van der Waals surface area contributed by atoms with Crippen molar-refractivity contribution in [3.63, 3.8) is 0 Å². The van der Waals surface area contributed by atoms with Crippen LogP contribution >= 0.6 is 0 Å². The van der Waals surface area contributed by atoms with Gasteiger partial charge in [-0.1, -0.05) is 24.3 Å². The third-order valence-electron chi connectivity index (χ3n) is 7.29. The molecule has 204 valence electrons. The van der Waals surface area contributed by atoms with E-state index < -0.39 is 12.1 Å². The van der Waals surface area contributed by atoms with E-state index in [0.717, 1.165) is 37.0 Å². The van der Waals surface area contributed by atoms with Gasteiger partial charge in [-0.15, -0.1) is 0 Å². The summed E-state index contributed by atoms with van der Waals surface area (Å²) in [6.45, 7) is 4.64. The summed E-state index contributed by atoms with van der Waals surface area (Å²) in [5.41, 5.74) is 1.77. The molecule has 1 saturated carbocycles. The predicted octanol–water partition coefficient (Wildman–Crippen LogP) is 1.85. The monoisotopic (exact) mass is 521 g/mol. The van der Waals surface area contributed by atoms with E-state index >= 15 is 0 Å². The molecule has 0 spiro atoms. The fraction of sp³-hybridized carbons (Fsp3) is 0.517. The van der Waals surface area contributed by atoms with E-state index in [1.807, 2.05) is 43.3 Å². The van der Waals surface area contributed by atoms with Crippen LogP contribution in [0.4, 0.5) is 0 Å². The van der Waals surface area contributed by atoms with Crippen LogP contribution in [0.3, 0.4) is 0 Å². The second-order valence-corrected chi connectivity index (χ2v) is 10.4. The van der Waals surface area contributed by atoms with Gasteiger partial charge < -0.3 is 25.6 Å². The summed E-state index contributed by atoms with van der Waals surface area (Å²) in [5.74, 6) is 0.275. The number of likely N-dealkylation sites (N-methyl/N-ethyl adjacent to an activating group) is 1. The van der Waals surface area contributed by atoms with E-state index in [2.05, 4.69) is 20.9 Å². The number of para-hydroxylation sites is 1. The van der Waals surface area contributed by atoms with Gasteiger partial charge in [-0.3, -0.25) is 19.4 Å². The van der Waals surface area contributed by atoms with Crippen LogP contribution in [-0.4, -0.2) is 72.0 Å². The molecular weight excluding hydrogens is 482 g/mol. The first-order valence-electron chi connectivity index (χ1n) is 13.6. The van der Waals surface area contributed by atoms with E-state index in [0.29, 0.717) is 18.8 Å². The van der Waals surface area contributed by atoms with Crippen LogP contribution < -0.4 is 20.7 Å². The number of nitrogens with zero attached hydrogens (tertiary/aromatic N) is 2. The van der Waals surface area contributed by atoms with Crippen LogP contribution in [0.25, 0.3) is 0 Å². The highest BCUT2D eigenvalue weighted by Gasteiger charge is 2.39. The summed E-state index contributed by atoms with van der Waals surface area (Å²) in [7, 11) is 1.64. The van der Waals surface area contributed by atoms with Crippen LogP contribution in [0.15, 0.2) is 48.7 Å². The van der Waals surface area contributed by atoms with Crippen molar-refractivity contribution >= 4 is 17.7 Å². The van der Waals surface area contributed by atoms with Crippen molar-refractivity contribution in [1.29, 1.82) is 0 Å². The number of fused-ring (bicyclic) bond motifs is 1. The van der Waals surface area contributed by atoms with Crippen molar-refractivity contribution < 1.29 is 19.1 Å². The largest absolute Gasteiger partial charge is 0.489 e. The Morgan fingerprint density at radius 2 is 1.79 bits per heavy atom. The number of hydrogen-bond donors (Lipinski definition) is 3. The Morgan fingerprint density at radius 3 is 2.53 bits per heavy atom. The van der Waals surface area contributed by atoms with Gasteiger partial charge in [0.15, 0.2) is 0 Å². The molecule has 2 aromatic rings. The first-order chi connectivity index (χ1) is 18.3. The number of carbonyl (C=O) groups excluding carboxylic acids is 3. The maximum atomic E-state index is 13.5. The lowest BCUT2D eigenvalue weighted by Gasteiger charge is -2.31. The van der Waals surface area contributed by atoms with Crippen molar-refractivity contribution in [1.82, 2.24) is 25.8 Å². The SMILES string of the molecule is C[C@@H]1CN[C@@H](C2CC2)C(=O)N(C)[C@H](C)C(=O)N[C@H](Cc2ccccn2)C(=O)NCCCc2ccccc2O1. The fourth-order valence-corrected chi connectivity index (χ4v) is 4.69. The summed E-state index contributed by atoms with van der Waals surface area (Å²) < 4.78 is 6.25. The number of benzene rings is 1. The van der Waals surface area contributed by atoms with Gasteiger partial charge in [0.1, 0.15) is 23.9 Å². The third-order valence-corrected chi connectivity index (χ3v) is 7.29. The van der Waals surface area contributed by atoms with Crippen LogP contribution in [0.1, 0.15) is 44.4 Å². The van der Waals surface area contributed by atoms with E-state index in [4.69, 9.17) is 4.74 Å². The Kier molecular flexibility index (Phi) is 9.33. The average molecular weight is 522 g/mol. The molecule has 9 heteroatoms. The van der Waals surface area contributed by atoms with Gasteiger partial charge in [-0.05, 0) is 69.2 Å². The molecule has 3 N–H and O–H groups in total. The van der Waals surface area contributed by atoms with Gasteiger partial charge in [-0.25, -0.2) is 0 Å². The quantitative estimate of drug-likeness (QED) is 0.568. The molecule has 0 bridgehead atoms. The molecule has 0 radical (unpaired) electrons. The lowest BCUT2D eigenvalue weighted by Crippen LogP contribution is -2.57. The Bertz CT molecular complexity index is 1110. The molecule has 0 unspecified atom stereocenters. The van der Waals surface area contributed by atoms with Gasteiger partial charge >= 0.3 is 0 Å². The number of amides is 3. The second kappa shape index (κ2) is 12.9. The van der Waals surface area contributed by atoms with Crippen molar-refractivity contribution in [2.45, 2.75) is 70.2 Å². The van der Waals surface area contributed by atoms with Crippen molar-refractivity contribution in [3.05, 3.63) is 59.9 Å². The predicted molar refractivity (Wildman–Crippen MR) is 144 cm³/mol. The third kappa shape index (κ3) is 7.31. The van der Waals surface area contributed by atoms with Crippen LogP contribution in [0.5, 0.6) is 5.75 Å². The molecule has 4 atom stereocenters. The van der Waals surface area contributed by atoms with E-state index in [-0.39, 0.29) is 42.2 Å². The summed E-state index contributed by atoms with van der Waals surface area (Å²) in [6, 6.07) is 11.5. The number of ether oxygens (including phenoxy) is 1. The minimum absolute atomic E-state index is 0.130. The molecule has 0 saturated heterocycles. The maximum absolute atomic E-state index is 13.5. The molecule has 2 aliphatic rings. The Morgan fingerprint density at radius 1 is 1.03 bits per heavy atom. The minimum atomic E-state index is -0.809. The smallest absolute Gasteiger partial charge is 0.243 e. The molecule has 3 amide bonds. The maximum Gasteiger partial charge on any atom is 0.243 e. The van der Waals surface area contributed by atoms with Crippen molar-refractivity contribution in [2.75, 3.05) is 20.1 Å². The van der Waals surface area contributed by atoms with E-state index in [9.17, 15) is 14.4 Å². The van der Waals surface area contributed by atoms with Gasteiger partial charge in [0.05, 0.1) is 6.04 Å². The molecule has 1 aromatic heterocycles. The molecule has 1 aliphatic heterocycles. The van der Waals surface area contributed by atoms with Crippen molar-refractivity contribution in [3.8, 4) is 5.75 Å². The molecular formula is C29H39N5O4. The highest BCUT2D eigenvalue weighted by molar-refractivity contribution is 5.93. The van der Waals surface area contributed by atoms with Gasteiger partial charge in [0.2, 0.25) is 17.7 Å². The number of aromatic nitrogens is 1. The lowest BCUT2D eigenvalue weighted by molar-refractivity contribution is -0.141. The first kappa shape index (κ1) is 27.6. The number of carbonyl (C=O) groups is 3. The standard InChI is InChI=1S/C29H39N5O4/c1-19-18-32-26(22-13-14-22)29(37)34(3)20(2)27(35)33-24(17-23-11-6-7-15-30-23)28(36)31-16-8-10-21-9-4-5-12-25(21)38-19/h4-7,9,11-12,15,19-20,22,24,26,32H,8,10,13-14,16-18H2,1-3H3,(H,31,36)(H,33,35)/t19-,20-,24-,26+/m1/s1. The Labute approximate surface area is 224 Å². The van der Waals surface area contributed by atoms with Gasteiger partial charge in [-0.2, -0.15) is 0 Å². The van der Waals surface area contributed by atoms with E-state index in [1.165, 1.54) is 4.90 Å². The minimum Gasteiger partial charge on any atom is -0.489 e. The molecule has 38 heavy (non-hydrogen) atoms. The fourth-order valence-electron chi connectivity index (χ4n) is 4.69. The van der Waals surface area contributed by atoms with Gasteiger partial charge in [0.25, 0.3) is 0 Å². The zero-order chi connectivity index (χ0) is 27.1. The molecule has 1 fully saturated rings. The topological polar surface area (TPSA) is 113 Å². The highest BCUT2D eigenvalue weighted by atomic mass is 16.5. The average Bonchev–Trinajstić information content (AvgIpc) is 3.76. The first-order valence-corrected chi connectivity index (χ1v) is 13.6. The summed E-state index contributed by atoms with van der Waals surface area (Å²) in [5, 5.41) is 9.26. The Hall–Kier alpha value is -3.46. The van der Waals surface area contributed by atoms with Gasteiger partial charge in [0, 0.05) is 38.4 Å². The lowest BCUT2D eigenvalue weighted by atomic mass is 10.1. The normalized spacial score (nSPS) is 26.3. The number of rotatable bonds is 3. The zero-order valence-electron chi connectivity index (χ0n) is 22.5. The second-order valence-electron chi connectivity index (χ2n) is 10.4. The van der Waals surface area contributed by atoms with E-state index in [1.54, 1.807) is 26.2 Å². The van der Waals surface area contributed by atoms with Crippen LogP contribution in [0, 0.1) is 5.92 Å². The number of nitrogens with one attached hydrogen (secondary N) is 3. The molecule has 9 nitrogen and oxygen atoms in total. The molecule has 1 aliphatic carbocycles. The summed E-state index contributed by atoms with van der Waals surface area (Å²) in [4.78, 5) is 45.7. The number of aryl methyl sites for hydroxylation is 1. The molecule has 1 aromatic carbocycles. The Balaban J connectivity index is 1.56. The number of hydrogen-bond acceptors (Lipinski definition) is 6. The summed E-state index contributed by atoms with van der Waals surface area (Å²) in [6.07, 6.45) is 5.17.